The zero-order valence-corrected chi connectivity index (χ0v) is 17.3. The molecule has 1 atom stereocenters. The molecule has 31 heavy (non-hydrogen) atoms. The van der Waals surface area contributed by atoms with Crippen LogP contribution in [-0.2, 0) is 16.1 Å². The Balaban J connectivity index is 1.82. The highest BCUT2D eigenvalue weighted by Crippen LogP contribution is 2.28. The average Bonchev–Trinajstić information content (AvgIpc) is 2.76. The van der Waals surface area contributed by atoms with Gasteiger partial charge >= 0.3 is 12.0 Å². The molecule has 0 fully saturated rings. The van der Waals surface area contributed by atoms with Gasteiger partial charge < -0.3 is 15.4 Å². The Labute approximate surface area is 182 Å². The number of esters is 1. The predicted octanol–water partition coefficient (Wildman–Crippen LogP) is 2.92. The Morgan fingerprint density at radius 2 is 1.97 bits per heavy atom. The Hall–Kier alpha value is -3.65. The molecule has 0 spiro atoms. The first-order chi connectivity index (χ1) is 15.0. The second-order valence-corrected chi connectivity index (χ2v) is 7.33. The maximum Gasteiger partial charge on any atom is 0.338 e. The molecule has 1 aliphatic rings. The van der Waals surface area contributed by atoms with Gasteiger partial charge in [-0.3, -0.25) is 9.36 Å². The van der Waals surface area contributed by atoms with Gasteiger partial charge in [0.05, 0.1) is 47.7 Å². The standard InChI is InChI=1S/C22H19ClN4O4/c1-2-31-21(29)18-17(25-22(30)26-19(18)13-6-4-3-5-7-13)11-27-12-24-16-10-14(23)8-9-15(16)20(27)28/h3-10,12,19H,2,11H2,1H3,(H2,25,26,30)/t19-/m0/s1. The number of nitrogens with one attached hydrogen (secondary N) is 2. The molecule has 2 aromatic carbocycles. The summed E-state index contributed by atoms with van der Waals surface area (Å²) in [6, 6.07) is 12.7. The first-order valence-electron chi connectivity index (χ1n) is 9.65. The van der Waals surface area contributed by atoms with E-state index < -0.39 is 18.0 Å². The van der Waals surface area contributed by atoms with Gasteiger partial charge in [-0.05, 0) is 30.7 Å². The van der Waals surface area contributed by atoms with Gasteiger partial charge in [0.1, 0.15) is 0 Å². The van der Waals surface area contributed by atoms with Crippen molar-refractivity contribution in [3.63, 3.8) is 0 Å². The van der Waals surface area contributed by atoms with Crippen molar-refractivity contribution in [3.8, 4) is 0 Å². The van der Waals surface area contributed by atoms with Crippen LogP contribution < -0.4 is 16.2 Å². The van der Waals surface area contributed by atoms with Crippen LogP contribution in [0, 0.1) is 0 Å². The van der Waals surface area contributed by atoms with Crippen LogP contribution in [0.1, 0.15) is 18.5 Å². The topological polar surface area (TPSA) is 102 Å². The fourth-order valence-electron chi connectivity index (χ4n) is 3.50. The van der Waals surface area contributed by atoms with Crippen LogP contribution in [0.15, 0.2) is 70.9 Å². The number of amides is 2. The summed E-state index contributed by atoms with van der Waals surface area (Å²) in [5.74, 6) is -0.576. The number of carbonyl (C=O) groups is 2. The van der Waals surface area contributed by atoms with Gasteiger partial charge in [-0.15, -0.1) is 0 Å². The van der Waals surface area contributed by atoms with Gasteiger partial charge in [0.2, 0.25) is 0 Å². The van der Waals surface area contributed by atoms with Gasteiger partial charge in [-0.1, -0.05) is 41.9 Å². The van der Waals surface area contributed by atoms with E-state index in [1.165, 1.54) is 10.9 Å². The van der Waals surface area contributed by atoms with E-state index >= 15 is 0 Å². The quantitative estimate of drug-likeness (QED) is 0.596. The van der Waals surface area contributed by atoms with E-state index in [9.17, 15) is 14.4 Å². The van der Waals surface area contributed by atoms with Gasteiger partial charge in [0, 0.05) is 5.02 Å². The van der Waals surface area contributed by atoms with Gasteiger partial charge in [-0.2, -0.15) is 0 Å². The normalized spacial score (nSPS) is 16.1. The Bertz CT molecular complexity index is 1250. The molecule has 1 aromatic heterocycles. The monoisotopic (exact) mass is 438 g/mol. The number of urea groups is 1. The highest BCUT2D eigenvalue weighted by Gasteiger charge is 2.33. The molecule has 4 rings (SSSR count). The summed E-state index contributed by atoms with van der Waals surface area (Å²) in [4.78, 5) is 42.5. The number of halogens is 1. The van der Waals surface area contributed by atoms with Crippen molar-refractivity contribution in [1.29, 1.82) is 0 Å². The summed E-state index contributed by atoms with van der Waals surface area (Å²) in [6.45, 7) is 1.81. The molecule has 1 aliphatic heterocycles. The molecule has 0 saturated carbocycles. The lowest BCUT2D eigenvalue weighted by atomic mass is 9.95. The van der Waals surface area contributed by atoms with Crippen LogP contribution in [0.5, 0.6) is 0 Å². The summed E-state index contributed by atoms with van der Waals surface area (Å²) in [5, 5.41) is 6.27. The van der Waals surface area contributed by atoms with Crippen LogP contribution in [0.4, 0.5) is 4.79 Å². The number of rotatable bonds is 5. The first-order valence-corrected chi connectivity index (χ1v) is 10.0. The van der Waals surface area contributed by atoms with E-state index in [1.54, 1.807) is 37.3 Å². The molecule has 0 bridgehead atoms. The van der Waals surface area contributed by atoms with Gasteiger partial charge in [0.15, 0.2) is 0 Å². The third-order valence-corrected chi connectivity index (χ3v) is 5.13. The molecule has 0 aliphatic carbocycles. The minimum atomic E-state index is -0.716. The van der Waals surface area contributed by atoms with Crippen molar-refractivity contribution in [3.05, 3.63) is 87.1 Å². The van der Waals surface area contributed by atoms with Gasteiger partial charge in [0.25, 0.3) is 5.56 Å². The molecular formula is C22H19ClN4O4. The maximum absolute atomic E-state index is 13.0. The summed E-state index contributed by atoms with van der Waals surface area (Å²) in [5.41, 5.74) is 1.37. The second-order valence-electron chi connectivity index (χ2n) is 6.89. The van der Waals surface area contributed by atoms with E-state index in [2.05, 4.69) is 15.6 Å². The number of hydrogen-bond acceptors (Lipinski definition) is 5. The van der Waals surface area contributed by atoms with E-state index in [-0.39, 0.29) is 30.0 Å². The molecule has 0 radical (unpaired) electrons. The molecule has 8 nitrogen and oxygen atoms in total. The van der Waals surface area contributed by atoms with Crippen LogP contribution in [0.2, 0.25) is 5.02 Å². The largest absolute Gasteiger partial charge is 0.463 e. The maximum atomic E-state index is 13.0. The second kappa shape index (κ2) is 8.61. The first kappa shape index (κ1) is 20.6. The van der Waals surface area contributed by atoms with Crippen molar-refractivity contribution in [2.75, 3.05) is 6.61 Å². The number of ether oxygens (including phenoxy) is 1. The number of allylic oxidation sites excluding steroid dienone is 1. The van der Waals surface area contributed by atoms with E-state index in [1.807, 2.05) is 18.2 Å². The smallest absolute Gasteiger partial charge is 0.338 e. The van der Waals surface area contributed by atoms with Gasteiger partial charge in [-0.25, -0.2) is 14.6 Å². The highest BCUT2D eigenvalue weighted by atomic mass is 35.5. The van der Waals surface area contributed by atoms with Crippen LogP contribution >= 0.6 is 11.6 Å². The number of benzene rings is 2. The number of nitrogens with zero attached hydrogens (tertiary/aromatic N) is 2. The molecule has 0 saturated heterocycles. The number of aromatic nitrogens is 2. The molecule has 158 valence electrons. The molecule has 3 aromatic rings. The minimum absolute atomic E-state index is 0.0602. The number of hydrogen-bond donors (Lipinski definition) is 2. The van der Waals surface area contributed by atoms with Crippen LogP contribution in [0.25, 0.3) is 10.9 Å². The van der Waals surface area contributed by atoms with Crippen molar-refractivity contribution in [2.24, 2.45) is 0 Å². The Morgan fingerprint density at radius 1 is 1.19 bits per heavy atom. The molecule has 9 heteroatoms. The lowest BCUT2D eigenvalue weighted by Crippen LogP contribution is -2.47. The summed E-state index contributed by atoms with van der Waals surface area (Å²) in [7, 11) is 0. The molecular weight excluding hydrogens is 420 g/mol. The number of fused-ring (bicyclic) bond motifs is 1. The van der Waals surface area contributed by atoms with E-state index in [4.69, 9.17) is 16.3 Å². The summed E-state index contributed by atoms with van der Waals surface area (Å²) in [6.07, 6.45) is 1.36. The lowest BCUT2D eigenvalue weighted by molar-refractivity contribution is -0.139. The number of carbonyl (C=O) groups excluding carboxylic acids is 2. The molecule has 2 N–H and O–H groups in total. The Morgan fingerprint density at radius 3 is 2.71 bits per heavy atom. The van der Waals surface area contributed by atoms with E-state index in [0.717, 1.165) is 5.56 Å². The zero-order chi connectivity index (χ0) is 22.0. The van der Waals surface area contributed by atoms with Crippen LogP contribution in [-0.4, -0.2) is 28.2 Å². The fraction of sp³-hybridized carbons (Fsp3) is 0.182. The fourth-order valence-corrected chi connectivity index (χ4v) is 3.67. The molecule has 2 amide bonds. The predicted molar refractivity (Wildman–Crippen MR) is 116 cm³/mol. The third kappa shape index (κ3) is 4.15. The van der Waals surface area contributed by atoms with Crippen LogP contribution in [0.3, 0.4) is 0 Å². The third-order valence-electron chi connectivity index (χ3n) is 4.90. The minimum Gasteiger partial charge on any atom is -0.463 e. The lowest BCUT2D eigenvalue weighted by Gasteiger charge is -2.29. The average molecular weight is 439 g/mol. The van der Waals surface area contributed by atoms with E-state index in [0.29, 0.717) is 15.9 Å². The zero-order valence-electron chi connectivity index (χ0n) is 16.6. The van der Waals surface area contributed by atoms with Crippen molar-refractivity contribution in [1.82, 2.24) is 20.2 Å². The van der Waals surface area contributed by atoms with Crippen molar-refractivity contribution in [2.45, 2.75) is 19.5 Å². The SMILES string of the molecule is CCOC(=O)C1=C(Cn2cnc3cc(Cl)ccc3c2=O)NC(=O)N[C@H]1c1ccccc1. The van der Waals surface area contributed by atoms with Crippen molar-refractivity contribution >= 4 is 34.5 Å². The van der Waals surface area contributed by atoms with Crippen molar-refractivity contribution < 1.29 is 14.3 Å². The summed E-state index contributed by atoms with van der Waals surface area (Å²) < 4.78 is 6.58. The Kier molecular flexibility index (Phi) is 5.73. The molecule has 0 unspecified atom stereocenters. The summed E-state index contributed by atoms with van der Waals surface area (Å²) >= 11 is 5.98. The molecule has 2 heterocycles. The highest BCUT2D eigenvalue weighted by molar-refractivity contribution is 6.31.